The van der Waals surface area contributed by atoms with Crippen molar-refractivity contribution in [3.8, 4) is 5.75 Å². The molecule has 0 saturated heterocycles. The van der Waals surface area contributed by atoms with Gasteiger partial charge in [-0.25, -0.2) is 0 Å². The topological polar surface area (TPSA) is 20.2 Å². The average molecular weight is 215 g/mol. The quantitative estimate of drug-likeness (QED) is 0.783. The molecule has 80 valence electrons. The van der Waals surface area contributed by atoms with Crippen LogP contribution in [0.1, 0.15) is 38.8 Å². The minimum absolute atomic E-state index is 0.360. The minimum atomic E-state index is 0.360. The fourth-order valence-electron chi connectivity index (χ4n) is 1.20. The fourth-order valence-corrected chi connectivity index (χ4v) is 1.52. The molecule has 0 radical (unpaired) electrons. The average Bonchev–Trinajstić information content (AvgIpc) is 2.23. The van der Waals surface area contributed by atoms with Crippen LogP contribution in [0.4, 0.5) is 0 Å². The van der Waals surface area contributed by atoms with Crippen LogP contribution < -0.4 is 0 Å². The first-order valence-corrected chi connectivity index (χ1v) is 5.57. The predicted octanol–water partition coefficient (Wildman–Crippen LogP) is 4.20. The third-order valence-corrected chi connectivity index (χ3v) is 2.36. The van der Waals surface area contributed by atoms with Gasteiger partial charge in [0.25, 0.3) is 0 Å². The molecule has 2 heteroatoms. The summed E-state index contributed by atoms with van der Waals surface area (Å²) in [6.07, 6.45) is 1.67. The Hall–Kier alpha value is -0.690. The smallest absolute Gasteiger partial charge is 0.119 e. The van der Waals surface area contributed by atoms with Crippen molar-refractivity contribution < 1.29 is 5.11 Å². The second kappa shape index (κ2) is 6.72. The Bertz CT molecular complexity index is 252. The van der Waals surface area contributed by atoms with E-state index < -0.39 is 0 Å². The first kappa shape index (κ1) is 13.3. The molecule has 0 aliphatic rings. The van der Waals surface area contributed by atoms with E-state index in [0.29, 0.717) is 5.75 Å². The van der Waals surface area contributed by atoms with Gasteiger partial charge in [0, 0.05) is 5.02 Å². The Balaban J connectivity index is 0.000000791. The van der Waals surface area contributed by atoms with Gasteiger partial charge in [-0.3, -0.25) is 0 Å². The zero-order valence-electron chi connectivity index (χ0n) is 9.39. The summed E-state index contributed by atoms with van der Waals surface area (Å²) < 4.78 is 0. The normalized spacial score (nSPS) is 9.21. The molecule has 0 unspecified atom stereocenters. The molecule has 0 aromatic heterocycles. The summed E-state index contributed by atoms with van der Waals surface area (Å²) in [6, 6.07) is 3.59. The van der Waals surface area contributed by atoms with Gasteiger partial charge in [0.05, 0.1) is 0 Å². The molecule has 0 amide bonds. The third kappa shape index (κ3) is 3.22. The highest BCUT2D eigenvalue weighted by atomic mass is 35.5. The summed E-state index contributed by atoms with van der Waals surface area (Å²) in [4.78, 5) is 0. The van der Waals surface area contributed by atoms with Crippen LogP contribution in [0.15, 0.2) is 12.1 Å². The molecule has 0 saturated carbocycles. The van der Waals surface area contributed by atoms with Crippen molar-refractivity contribution >= 4 is 11.6 Å². The van der Waals surface area contributed by atoms with Crippen molar-refractivity contribution in [3.63, 3.8) is 0 Å². The predicted molar refractivity (Wildman–Crippen MR) is 63.2 cm³/mol. The Kier molecular flexibility index (Phi) is 6.39. The lowest BCUT2D eigenvalue weighted by Crippen LogP contribution is -1.87. The number of aromatic hydroxyl groups is 1. The highest BCUT2D eigenvalue weighted by Crippen LogP contribution is 2.26. The number of hydrogen-bond donors (Lipinski definition) is 1. The molecule has 1 aromatic rings. The van der Waals surface area contributed by atoms with Gasteiger partial charge in [-0.15, -0.1) is 0 Å². The SMILES string of the molecule is CC.CCc1cc(Cl)c(CC)cc1O. The van der Waals surface area contributed by atoms with Gasteiger partial charge in [0.2, 0.25) is 0 Å². The second-order valence-corrected chi connectivity index (χ2v) is 3.19. The molecule has 0 aliphatic carbocycles. The second-order valence-electron chi connectivity index (χ2n) is 2.78. The standard InChI is InChI=1S/C10H13ClO.C2H6/c1-3-7-6-10(12)8(4-2)5-9(7)11;1-2/h5-6,12H,3-4H2,1-2H3;1-2H3. The highest BCUT2D eigenvalue weighted by molar-refractivity contribution is 6.31. The molecular formula is C12H19ClO. The van der Waals surface area contributed by atoms with E-state index in [9.17, 15) is 5.11 Å². The summed E-state index contributed by atoms with van der Waals surface area (Å²) in [5, 5.41) is 10.2. The van der Waals surface area contributed by atoms with Gasteiger partial charge in [0.15, 0.2) is 0 Å². The number of halogens is 1. The molecular weight excluding hydrogens is 196 g/mol. The van der Waals surface area contributed by atoms with E-state index in [2.05, 4.69) is 0 Å². The van der Waals surface area contributed by atoms with E-state index in [1.165, 1.54) is 0 Å². The molecule has 0 fully saturated rings. The number of rotatable bonds is 2. The molecule has 0 heterocycles. The number of aryl methyl sites for hydroxylation is 2. The molecule has 0 atom stereocenters. The van der Waals surface area contributed by atoms with E-state index in [1.807, 2.05) is 33.8 Å². The van der Waals surface area contributed by atoms with Crippen LogP contribution >= 0.6 is 11.6 Å². The highest BCUT2D eigenvalue weighted by Gasteiger charge is 2.04. The molecule has 0 bridgehead atoms. The van der Waals surface area contributed by atoms with Crippen LogP contribution in [0.3, 0.4) is 0 Å². The lowest BCUT2D eigenvalue weighted by molar-refractivity contribution is 0.468. The van der Waals surface area contributed by atoms with Crippen molar-refractivity contribution in [1.82, 2.24) is 0 Å². The van der Waals surface area contributed by atoms with E-state index in [1.54, 1.807) is 6.07 Å². The third-order valence-electron chi connectivity index (χ3n) is 2.01. The summed E-state index contributed by atoms with van der Waals surface area (Å²) in [5.41, 5.74) is 1.92. The zero-order valence-corrected chi connectivity index (χ0v) is 10.2. The number of benzene rings is 1. The fraction of sp³-hybridized carbons (Fsp3) is 0.500. The number of phenols is 1. The van der Waals surface area contributed by atoms with Gasteiger partial charge in [0.1, 0.15) is 5.75 Å². The van der Waals surface area contributed by atoms with Gasteiger partial charge in [-0.05, 0) is 36.1 Å². The van der Waals surface area contributed by atoms with Gasteiger partial charge in [-0.1, -0.05) is 39.3 Å². The molecule has 14 heavy (non-hydrogen) atoms. The van der Waals surface area contributed by atoms with Gasteiger partial charge in [-0.2, -0.15) is 0 Å². The molecule has 1 aromatic carbocycles. The van der Waals surface area contributed by atoms with Crippen LogP contribution in [-0.4, -0.2) is 5.11 Å². The maximum absolute atomic E-state index is 9.49. The van der Waals surface area contributed by atoms with E-state index in [4.69, 9.17) is 11.6 Å². The zero-order chi connectivity index (χ0) is 11.1. The first-order valence-electron chi connectivity index (χ1n) is 5.19. The summed E-state index contributed by atoms with van der Waals surface area (Å²) in [6.45, 7) is 8.02. The van der Waals surface area contributed by atoms with Gasteiger partial charge < -0.3 is 5.11 Å². The van der Waals surface area contributed by atoms with Crippen LogP contribution in [-0.2, 0) is 12.8 Å². The van der Waals surface area contributed by atoms with E-state index in [-0.39, 0.29) is 0 Å². The van der Waals surface area contributed by atoms with Crippen LogP contribution in [0.25, 0.3) is 0 Å². The first-order chi connectivity index (χ1) is 6.69. The Morgan fingerprint density at radius 3 is 2.00 bits per heavy atom. The number of phenolic OH excluding ortho intramolecular Hbond substituents is 1. The van der Waals surface area contributed by atoms with Crippen molar-refractivity contribution in [3.05, 3.63) is 28.3 Å². The molecule has 1 rings (SSSR count). The monoisotopic (exact) mass is 214 g/mol. The lowest BCUT2D eigenvalue weighted by Gasteiger charge is -2.06. The van der Waals surface area contributed by atoms with Gasteiger partial charge >= 0.3 is 0 Å². The Morgan fingerprint density at radius 1 is 1.07 bits per heavy atom. The summed E-state index contributed by atoms with van der Waals surface area (Å²) in [7, 11) is 0. The van der Waals surface area contributed by atoms with E-state index in [0.717, 1.165) is 29.0 Å². The van der Waals surface area contributed by atoms with Crippen LogP contribution in [0.5, 0.6) is 5.75 Å². The van der Waals surface area contributed by atoms with Crippen molar-refractivity contribution in [2.24, 2.45) is 0 Å². The number of hydrogen-bond acceptors (Lipinski definition) is 1. The molecule has 0 spiro atoms. The molecule has 1 N–H and O–H groups in total. The maximum Gasteiger partial charge on any atom is 0.119 e. The minimum Gasteiger partial charge on any atom is -0.508 e. The van der Waals surface area contributed by atoms with Crippen LogP contribution in [0, 0.1) is 0 Å². The van der Waals surface area contributed by atoms with Crippen molar-refractivity contribution in [1.29, 1.82) is 0 Å². The largest absolute Gasteiger partial charge is 0.508 e. The summed E-state index contributed by atoms with van der Waals surface area (Å²) >= 11 is 5.97. The lowest BCUT2D eigenvalue weighted by atomic mass is 10.1. The molecule has 0 aliphatic heterocycles. The molecule has 1 nitrogen and oxygen atoms in total. The Morgan fingerprint density at radius 2 is 1.57 bits per heavy atom. The van der Waals surface area contributed by atoms with Crippen molar-refractivity contribution in [2.45, 2.75) is 40.5 Å². The van der Waals surface area contributed by atoms with Crippen LogP contribution in [0.2, 0.25) is 5.02 Å². The summed E-state index contributed by atoms with van der Waals surface area (Å²) in [5.74, 6) is 0.360. The van der Waals surface area contributed by atoms with E-state index >= 15 is 0 Å². The maximum atomic E-state index is 9.49. The van der Waals surface area contributed by atoms with Crippen molar-refractivity contribution in [2.75, 3.05) is 0 Å². The Labute approximate surface area is 91.7 Å².